The molecule has 2 unspecified atom stereocenters. The predicted octanol–water partition coefficient (Wildman–Crippen LogP) is 3.27. The third-order valence-electron chi connectivity index (χ3n) is 3.31. The molecule has 94 valence electrons. The lowest BCUT2D eigenvalue weighted by Crippen LogP contribution is -2.29. The van der Waals surface area contributed by atoms with Crippen LogP contribution in [0.1, 0.15) is 19.3 Å². The van der Waals surface area contributed by atoms with E-state index in [1.54, 1.807) is 0 Å². The fourth-order valence-electron chi connectivity index (χ4n) is 2.34. The van der Waals surface area contributed by atoms with Gasteiger partial charge in [0.1, 0.15) is 11.6 Å². The number of rotatable bonds is 3. The van der Waals surface area contributed by atoms with Gasteiger partial charge in [0.2, 0.25) is 0 Å². The Morgan fingerprint density at radius 3 is 2.76 bits per heavy atom. The number of anilines is 1. The minimum atomic E-state index is -0.462. The maximum Gasteiger partial charge on any atom is 0.147 e. The first-order valence-corrected chi connectivity index (χ1v) is 6.52. The molecule has 0 aromatic heterocycles. The van der Waals surface area contributed by atoms with Crippen LogP contribution in [0.3, 0.4) is 0 Å². The van der Waals surface area contributed by atoms with E-state index in [1.807, 2.05) is 0 Å². The first-order valence-electron chi connectivity index (χ1n) is 5.73. The molecular formula is C12H15BrF2N2. The fraction of sp³-hybridized carbons (Fsp3) is 0.500. The number of hydrogen-bond acceptors (Lipinski definition) is 2. The number of nitrogens with two attached hydrogens (primary N) is 1. The van der Waals surface area contributed by atoms with Gasteiger partial charge in [0, 0.05) is 12.1 Å². The predicted molar refractivity (Wildman–Crippen MR) is 67.9 cm³/mol. The van der Waals surface area contributed by atoms with Gasteiger partial charge in [-0.05, 0) is 47.3 Å². The van der Waals surface area contributed by atoms with Crippen LogP contribution in [0, 0.1) is 17.6 Å². The van der Waals surface area contributed by atoms with Crippen molar-refractivity contribution in [1.29, 1.82) is 0 Å². The molecule has 2 rings (SSSR count). The van der Waals surface area contributed by atoms with Crippen LogP contribution in [0.25, 0.3) is 0 Å². The van der Waals surface area contributed by atoms with Crippen molar-refractivity contribution in [2.24, 2.45) is 11.7 Å². The van der Waals surface area contributed by atoms with Gasteiger partial charge in [-0.15, -0.1) is 0 Å². The Morgan fingerprint density at radius 2 is 2.06 bits per heavy atom. The highest BCUT2D eigenvalue weighted by molar-refractivity contribution is 9.10. The van der Waals surface area contributed by atoms with Crippen LogP contribution in [0.4, 0.5) is 14.5 Å². The van der Waals surface area contributed by atoms with Crippen LogP contribution < -0.4 is 11.1 Å². The van der Waals surface area contributed by atoms with E-state index in [4.69, 9.17) is 5.73 Å². The molecule has 1 aliphatic carbocycles. The summed E-state index contributed by atoms with van der Waals surface area (Å²) in [7, 11) is 0. The summed E-state index contributed by atoms with van der Waals surface area (Å²) in [4.78, 5) is 0. The van der Waals surface area contributed by atoms with Crippen LogP contribution in [0.15, 0.2) is 16.6 Å². The van der Waals surface area contributed by atoms with Gasteiger partial charge < -0.3 is 11.1 Å². The highest BCUT2D eigenvalue weighted by Gasteiger charge is 2.26. The first-order chi connectivity index (χ1) is 8.11. The van der Waals surface area contributed by atoms with Crippen molar-refractivity contribution in [3.8, 4) is 0 Å². The molecule has 3 N–H and O–H groups in total. The van der Waals surface area contributed by atoms with Crippen molar-refractivity contribution in [3.63, 3.8) is 0 Å². The molecule has 0 spiro atoms. The average Bonchev–Trinajstić information content (AvgIpc) is 2.73. The van der Waals surface area contributed by atoms with E-state index in [2.05, 4.69) is 21.2 Å². The van der Waals surface area contributed by atoms with E-state index in [1.165, 1.54) is 6.07 Å². The van der Waals surface area contributed by atoms with E-state index in [0.717, 1.165) is 25.3 Å². The Morgan fingerprint density at radius 1 is 1.29 bits per heavy atom. The molecule has 0 heterocycles. The van der Waals surface area contributed by atoms with E-state index >= 15 is 0 Å². The van der Waals surface area contributed by atoms with Crippen molar-refractivity contribution in [2.45, 2.75) is 25.3 Å². The lowest BCUT2D eigenvalue weighted by molar-refractivity contribution is 0.511. The minimum absolute atomic E-state index is 0.141. The van der Waals surface area contributed by atoms with E-state index in [0.29, 0.717) is 12.5 Å². The second kappa shape index (κ2) is 5.31. The molecule has 1 fully saturated rings. The molecular weight excluding hydrogens is 290 g/mol. The summed E-state index contributed by atoms with van der Waals surface area (Å²) in [5.41, 5.74) is 5.87. The number of halogens is 3. The van der Waals surface area contributed by atoms with E-state index < -0.39 is 11.6 Å². The molecule has 1 aromatic carbocycles. The molecule has 1 aliphatic rings. The van der Waals surface area contributed by atoms with Gasteiger partial charge in [-0.2, -0.15) is 0 Å². The van der Waals surface area contributed by atoms with Gasteiger partial charge in [0.25, 0.3) is 0 Å². The lowest BCUT2D eigenvalue weighted by Gasteiger charge is -2.21. The average molecular weight is 305 g/mol. The fourth-order valence-corrected chi connectivity index (χ4v) is 2.66. The quantitative estimate of drug-likeness (QED) is 0.841. The zero-order chi connectivity index (χ0) is 12.4. The molecule has 1 aromatic rings. The van der Waals surface area contributed by atoms with Gasteiger partial charge in [-0.1, -0.05) is 6.42 Å². The van der Waals surface area contributed by atoms with Crippen molar-refractivity contribution < 1.29 is 8.78 Å². The maximum atomic E-state index is 13.6. The van der Waals surface area contributed by atoms with Crippen molar-refractivity contribution in [2.75, 3.05) is 11.9 Å². The van der Waals surface area contributed by atoms with Gasteiger partial charge in [0.05, 0.1) is 10.2 Å². The Hall–Kier alpha value is -0.680. The molecule has 5 heteroatoms. The topological polar surface area (TPSA) is 38.0 Å². The second-order valence-electron chi connectivity index (χ2n) is 4.42. The van der Waals surface area contributed by atoms with Crippen LogP contribution in [-0.2, 0) is 0 Å². The first kappa shape index (κ1) is 12.8. The molecule has 2 atom stereocenters. The molecule has 0 amide bonds. The zero-order valence-electron chi connectivity index (χ0n) is 9.35. The zero-order valence-corrected chi connectivity index (χ0v) is 10.9. The van der Waals surface area contributed by atoms with Crippen LogP contribution in [0.2, 0.25) is 0 Å². The third-order valence-corrected chi connectivity index (χ3v) is 3.92. The largest absolute Gasteiger partial charge is 0.380 e. The molecule has 17 heavy (non-hydrogen) atoms. The number of hydrogen-bond donors (Lipinski definition) is 2. The van der Waals surface area contributed by atoms with Gasteiger partial charge in [-0.25, -0.2) is 8.78 Å². The van der Waals surface area contributed by atoms with Crippen molar-refractivity contribution >= 4 is 21.6 Å². The van der Waals surface area contributed by atoms with Crippen molar-refractivity contribution in [3.05, 3.63) is 28.2 Å². The lowest BCUT2D eigenvalue weighted by atomic mass is 10.0. The maximum absolute atomic E-state index is 13.6. The Bertz CT molecular complexity index is 412. The molecule has 1 saturated carbocycles. The molecule has 0 bridgehead atoms. The normalized spacial score (nSPS) is 24.0. The summed E-state index contributed by atoms with van der Waals surface area (Å²) in [6.07, 6.45) is 3.09. The SMILES string of the molecule is NCC1CCCC1Nc1cc(F)c(Br)cc1F. The minimum Gasteiger partial charge on any atom is -0.380 e. The summed E-state index contributed by atoms with van der Waals surface area (Å²) < 4.78 is 27.1. The van der Waals surface area contributed by atoms with Gasteiger partial charge >= 0.3 is 0 Å². The number of nitrogens with one attached hydrogen (secondary N) is 1. The smallest absolute Gasteiger partial charge is 0.147 e. The Labute approximate surface area is 108 Å². The number of benzene rings is 1. The molecule has 2 nitrogen and oxygen atoms in total. The Balaban J connectivity index is 2.15. The van der Waals surface area contributed by atoms with Gasteiger partial charge in [-0.3, -0.25) is 0 Å². The summed E-state index contributed by atoms with van der Waals surface area (Å²) in [5.74, 6) is -0.557. The van der Waals surface area contributed by atoms with Crippen molar-refractivity contribution in [1.82, 2.24) is 0 Å². The highest BCUT2D eigenvalue weighted by atomic mass is 79.9. The molecule has 0 radical (unpaired) electrons. The van der Waals surface area contributed by atoms with E-state index in [9.17, 15) is 8.78 Å². The third kappa shape index (κ3) is 2.77. The highest BCUT2D eigenvalue weighted by Crippen LogP contribution is 2.30. The summed E-state index contributed by atoms with van der Waals surface area (Å²) >= 11 is 2.96. The van der Waals surface area contributed by atoms with Gasteiger partial charge in [0.15, 0.2) is 0 Å². The van der Waals surface area contributed by atoms with Crippen LogP contribution >= 0.6 is 15.9 Å². The summed E-state index contributed by atoms with van der Waals surface area (Å²) in [6, 6.07) is 2.48. The second-order valence-corrected chi connectivity index (χ2v) is 5.28. The van der Waals surface area contributed by atoms with Crippen LogP contribution in [0.5, 0.6) is 0 Å². The standard InChI is InChI=1S/C12H15BrF2N2/c13-8-4-10(15)12(5-9(8)14)17-11-3-1-2-7(11)6-16/h4-5,7,11,17H,1-3,6,16H2. The monoisotopic (exact) mass is 304 g/mol. The Kier molecular flexibility index (Phi) is 3.99. The van der Waals surface area contributed by atoms with Crippen LogP contribution in [-0.4, -0.2) is 12.6 Å². The molecule has 0 aliphatic heterocycles. The molecule has 0 saturated heterocycles. The van der Waals surface area contributed by atoms with E-state index in [-0.39, 0.29) is 16.2 Å². The summed E-state index contributed by atoms with van der Waals surface area (Å²) in [5, 5.41) is 3.06. The summed E-state index contributed by atoms with van der Waals surface area (Å²) in [6.45, 7) is 0.582.